The minimum Gasteiger partial charge on any atom is -0.465 e. The van der Waals surface area contributed by atoms with Gasteiger partial charge in [0, 0.05) is 31.7 Å². The van der Waals surface area contributed by atoms with Crippen LogP contribution in [0.15, 0.2) is 28.9 Å². The second kappa shape index (κ2) is 8.97. The van der Waals surface area contributed by atoms with E-state index < -0.39 is 0 Å². The fraction of sp³-hybridized carbons (Fsp3) is 0.467. The van der Waals surface area contributed by atoms with Crippen LogP contribution in [-0.2, 0) is 9.59 Å². The summed E-state index contributed by atoms with van der Waals surface area (Å²) in [6, 6.07) is 3.37. The van der Waals surface area contributed by atoms with Crippen LogP contribution in [0.5, 0.6) is 0 Å². The van der Waals surface area contributed by atoms with Gasteiger partial charge in [-0.1, -0.05) is 6.92 Å². The summed E-state index contributed by atoms with van der Waals surface area (Å²) >= 11 is 0. The Morgan fingerprint density at radius 2 is 2.19 bits per heavy atom. The van der Waals surface area contributed by atoms with Crippen molar-refractivity contribution in [2.24, 2.45) is 5.92 Å². The number of amides is 2. The largest absolute Gasteiger partial charge is 0.465 e. The van der Waals surface area contributed by atoms with E-state index in [0.717, 1.165) is 0 Å². The minimum absolute atomic E-state index is 0.000213. The second-order valence-electron chi connectivity index (χ2n) is 4.91. The molecule has 2 atom stereocenters. The van der Waals surface area contributed by atoms with Crippen LogP contribution in [0, 0.1) is 5.92 Å². The summed E-state index contributed by atoms with van der Waals surface area (Å²) in [4.78, 5) is 23.1. The first-order valence-corrected chi connectivity index (χ1v) is 6.92. The Kier molecular flexibility index (Phi) is 7.25. The zero-order valence-electron chi connectivity index (χ0n) is 12.3. The zero-order valence-corrected chi connectivity index (χ0v) is 12.3. The predicted molar refractivity (Wildman–Crippen MR) is 79.2 cm³/mol. The van der Waals surface area contributed by atoms with Crippen LogP contribution in [0.1, 0.15) is 26.0 Å². The van der Waals surface area contributed by atoms with Gasteiger partial charge in [0.2, 0.25) is 11.8 Å². The molecule has 1 heterocycles. The Labute approximate surface area is 124 Å². The lowest BCUT2D eigenvalue weighted by Crippen LogP contribution is -2.39. The van der Waals surface area contributed by atoms with E-state index in [1.807, 2.05) is 13.8 Å². The highest BCUT2D eigenvalue weighted by atomic mass is 16.3. The first kappa shape index (κ1) is 17.0. The number of carbonyl (C=O) groups is 2. The number of rotatable bonds is 8. The Bertz CT molecular complexity index is 468. The van der Waals surface area contributed by atoms with Crippen LogP contribution in [0.2, 0.25) is 0 Å². The van der Waals surface area contributed by atoms with Gasteiger partial charge < -0.3 is 20.2 Å². The topological polar surface area (TPSA) is 91.6 Å². The molecule has 6 heteroatoms. The quantitative estimate of drug-likeness (QED) is 0.622. The van der Waals surface area contributed by atoms with E-state index in [9.17, 15) is 9.59 Å². The van der Waals surface area contributed by atoms with Gasteiger partial charge >= 0.3 is 0 Å². The Morgan fingerprint density at radius 1 is 1.43 bits per heavy atom. The van der Waals surface area contributed by atoms with E-state index in [2.05, 4.69) is 10.6 Å². The third-order valence-corrected chi connectivity index (χ3v) is 3.12. The Hall–Kier alpha value is -2.08. The zero-order chi connectivity index (χ0) is 15.7. The number of hydrogen-bond acceptors (Lipinski definition) is 4. The van der Waals surface area contributed by atoms with Crippen molar-refractivity contribution in [1.29, 1.82) is 0 Å². The summed E-state index contributed by atoms with van der Waals surface area (Å²) in [5.74, 6) is 0.156. The van der Waals surface area contributed by atoms with Crippen LogP contribution in [0.4, 0.5) is 0 Å². The van der Waals surface area contributed by atoms with E-state index in [1.54, 1.807) is 18.2 Å². The molecule has 2 unspecified atom stereocenters. The molecular formula is C15H22N2O4. The number of hydrogen-bond donors (Lipinski definition) is 3. The van der Waals surface area contributed by atoms with Crippen LogP contribution in [-0.4, -0.2) is 36.1 Å². The van der Waals surface area contributed by atoms with Gasteiger partial charge in [-0.2, -0.15) is 0 Å². The van der Waals surface area contributed by atoms with E-state index >= 15 is 0 Å². The van der Waals surface area contributed by atoms with Gasteiger partial charge in [0.05, 0.1) is 6.26 Å². The van der Waals surface area contributed by atoms with Crippen molar-refractivity contribution in [3.05, 3.63) is 30.2 Å². The molecule has 0 bridgehead atoms. The molecule has 116 valence electrons. The molecular weight excluding hydrogens is 272 g/mol. The molecule has 1 aromatic rings. The van der Waals surface area contributed by atoms with Gasteiger partial charge in [0.15, 0.2) is 0 Å². The average molecular weight is 294 g/mol. The van der Waals surface area contributed by atoms with Gasteiger partial charge in [-0.05, 0) is 31.1 Å². The molecule has 21 heavy (non-hydrogen) atoms. The van der Waals surface area contributed by atoms with Crippen LogP contribution in [0.3, 0.4) is 0 Å². The number of aliphatic hydroxyl groups is 1. The van der Waals surface area contributed by atoms with E-state index in [4.69, 9.17) is 9.52 Å². The number of aliphatic hydroxyl groups excluding tert-OH is 1. The summed E-state index contributed by atoms with van der Waals surface area (Å²) in [7, 11) is 0. The first-order chi connectivity index (χ1) is 10.0. The fourth-order valence-electron chi connectivity index (χ4n) is 1.53. The molecule has 1 aromatic heterocycles. The van der Waals surface area contributed by atoms with Crippen molar-refractivity contribution in [2.75, 3.05) is 13.2 Å². The maximum atomic E-state index is 11.6. The lowest BCUT2D eigenvalue weighted by molar-refractivity contribution is -0.122. The molecule has 0 aliphatic heterocycles. The predicted octanol–water partition coefficient (Wildman–Crippen LogP) is 0.932. The highest BCUT2D eigenvalue weighted by Crippen LogP contribution is 2.02. The van der Waals surface area contributed by atoms with Crippen molar-refractivity contribution >= 4 is 17.9 Å². The second-order valence-corrected chi connectivity index (χ2v) is 4.91. The molecule has 0 fully saturated rings. The van der Waals surface area contributed by atoms with Crippen molar-refractivity contribution in [3.63, 3.8) is 0 Å². The highest BCUT2D eigenvalue weighted by Gasteiger charge is 2.13. The monoisotopic (exact) mass is 294 g/mol. The molecule has 2 amide bonds. The maximum Gasteiger partial charge on any atom is 0.244 e. The van der Waals surface area contributed by atoms with Crippen LogP contribution >= 0.6 is 0 Å². The van der Waals surface area contributed by atoms with E-state index in [-0.39, 0.29) is 43.3 Å². The third-order valence-electron chi connectivity index (χ3n) is 3.12. The van der Waals surface area contributed by atoms with E-state index in [0.29, 0.717) is 5.76 Å². The lowest BCUT2D eigenvalue weighted by atomic mass is 10.1. The summed E-state index contributed by atoms with van der Waals surface area (Å²) in [6.07, 6.45) is 4.63. The molecule has 0 aliphatic carbocycles. The van der Waals surface area contributed by atoms with E-state index in [1.165, 1.54) is 12.3 Å². The van der Waals surface area contributed by atoms with Crippen molar-refractivity contribution < 1.29 is 19.1 Å². The molecule has 0 saturated carbocycles. The van der Waals surface area contributed by atoms with Crippen molar-refractivity contribution in [2.45, 2.75) is 26.3 Å². The normalized spacial score (nSPS) is 13.9. The van der Waals surface area contributed by atoms with Crippen LogP contribution in [0.25, 0.3) is 6.08 Å². The SMILES string of the molecule is CC(CO)C(C)NC(=O)CCNC(=O)/C=C/c1ccco1. The fourth-order valence-corrected chi connectivity index (χ4v) is 1.53. The lowest BCUT2D eigenvalue weighted by Gasteiger charge is -2.19. The maximum absolute atomic E-state index is 11.6. The molecule has 0 spiro atoms. The van der Waals surface area contributed by atoms with Gasteiger partial charge in [-0.3, -0.25) is 9.59 Å². The third kappa shape index (κ3) is 6.76. The first-order valence-electron chi connectivity index (χ1n) is 6.92. The Balaban J connectivity index is 2.20. The van der Waals surface area contributed by atoms with Crippen molar-refractivity contribution in [1.82, 2.24) is 10.6 Å². The number of nitrogens with one attached hydrogen (secondary N) is 2. The van der Waals surface area contributed by atoms with Gasteiger partial charge in [0.25, 0.3) is 0 Å². The average Bonchev–Trinajstić information content (AvgIpc) is 2.97. The van der Waals surface area contributed by atoms with Crippen LogP contribution < -0.4 is 10.6 Å². The summed E-state index contributed by atoms with van der Waals surface area (Å²) in [5, 5.41) is 14.4. The molecule has 0 radical (unpaired) electrons. The molecule has 0 aliphatic rings. The summed E-state index contributed by atoms with van der Waals surface area (Å²) < 4.78 is 5.05. The number of furan rings is 1. The molecule has 6 nitrogen and oxygen atoms in total. The molecule has 0 aromatic carbocycles. The van der Waals surface area contributed by atoms with Gasteiger partial charge in [-0.25, -0.2) is 0 Å². The minimum atomic E-state index is -0.282. The molecule has 0 saturated heterocycles. The van der Waals surface area contributed by atoms with Gasteiger partial charge in [-0.15, -0.1) is 0 Å². The standard InChI is InChI=1S/C15H22N2O4/c1-11(10-18)12(2)17-15(20)7-8-16-14(19)6-5-13-4-3-9-21-13/h3-6,9,11-12,18H,7-8,10H2,1-2H3,(H,16,19)(H,17,20)/b6-5+. The molecule has 3 N–H and O–H groups in total. The smallest absolute Gasteiger partial charge is 0.244 e. The number of carbonyl (C=O) groups excluding carboxylic acids is 2. The summed E-state index contributed by atoms with van der Waals surface area (Å²) in [5.41, 5.74) is 0. The molecule has 1 rings (SSSR count). The van der Waals surface area contributed by atoms with Crippen molar-refractivity contribution in [3.8, 4) is 0 Å². The van der Waals surface area contributed by atoms with Gasteiger partial charge in [0.1, 0.15) is 5.76 Å². The highest BCUT2D eigenvalue weighted by molar-refractivity contribution is 5.91. The Morgan fingerprint density at radius 3 is 2.81 bits per heavy atom. The summed E-state index contributed by atoms with van der Waals surface area (Å²) in [6.45, 7) is 3.97.